The minimum absolute atomic E-state index is 0.160. The maximum atomic E-state index is 12.8. The number of nitrogens with zero attached hydrogens (tertiary/aromatic N) is 2. The van der Waals surface area contributed by atoms with Crippen LogP contribution in [0, 0.1) is 0 Å². The minimum Gasteiger partial charge on any atom is -0.496 e. The average molecular weight is 359 g/mol. The molecule has 132 valence electrons. The molecule has 0 fully saturated rings. The molecule has 0 radical (unpaired) electrons. The SMILES string of the molecule is CCCn1cc(S(=O)(=O)NCc2ccccc2OC)c2cccnc21. The van der Waals surface area contributed by atoms with Gasteiger partial charge in [0, 0.05) is 36.4 Å². The number of sulfonamides is 1. The zero-order valence-electron chi connectivity index (χ0n) is 14.3. The normalized spacial score (nSPS) is 11.8. The van der Waals surface area contributed by atoms with Crippen LogP contribution in [-0.2, 0) is 23.1 Å². The van der Waals surface area contributed by atoms with Gasteiger partial charge in [-0.05, 0) is 24.6 Å². The topological polar surface area (TPSA) is 73.2 Å². The Bertz CT molecular complexity index is 980. The van der Waals surface area contributed by atoms with Crippen molar-refractivity contribution < 1.29 is 13.2 Å². The van der Waals surface area contributed by atoms with Crippen LogP contribution < -0.4 is 9.46 Å². The van der Waals surface area contributed by atoms with Crippen LogP contribution in [0.25, 0.3) is 11.0 Å². The van der Waals surface area contributed by atoms with Crippen LogP contribution in [0.15, 0.2) is 53.7 Å². The number of para-hydroxylation sites is 1. The molecule has 0 aliphatic heterocycles. The van der Waals surface area contributed by atoms with Gasteiger partial charge in [0.05, 0.1) is 7.11 Å². The molecule has 0 saturated heterocycles. The molecule has 0 aliphatic rings. The molecular formula is C18H21N3O3S. The molecule has 25 heavy (non-hydrogen) atoms. The summed E-state index contributed by atoms with van der Waals surface area (Å²) in [4.78, 5) is 4.58. The van der Waals surface area contributed by atoms with Gasteiger partial charge in [0.15, 0.2) is 0 Å². The third-order valence-corrected chi connectivity index (χ3v) is 5.43. The van der Waals surface area contributed by atoms with E-state index in [0.29, 0.717) is 16.8 Å². The highest BCUT2D eigenvalue weighted by molar-refractivity contribution is 7.89. The number of rotatable bonds is 7. The van der Waals surface area contributed by atoms with Gasteiger partial charge in [0.2, 0.25) is 10.0 Å². The Labute approximate surface area is 147 Å². The molecule has 7 heteroatoms. The highest BCUT2D eigenvalue weighted by Gasteiger charge is 2.21. The van der Waals surface area contributed by atoms with Crippen LogP contribution in [0.3, 0.4) is 0 Å². The van der Waals surface area contributed by atoms with E-state index in [0.717, 1.165) is 18.5 Å². The molecular weight excluding hydrogens is 338 g/mol. The van der Waals surface area contributed by atoms with Crippen molar-refractivity contribution >= 4 is 21.1 Å². The fraction of sp³-hybridized carbons (Fsp3) is 0.278. The average Bonchev–Trinajstić information content (AvgIpc) is 3.00. The van der Waals surface area contributed by atoms with Gasteiger partial charge >= 0.3 is 0 Å². The fourth-order valence-corrected chi connectivity index (χ4v) is 4.03. The molecule has 6 nitrogen and oxygen atoms in total. The number of ether oxygens (including phenoxy) is 1. The molecule has 2 heterocycles. The summed E-state index contributed by atoms with van der Waals surface area (Å²) in [7, 11) is -2.11. The van der Waals surface area contributed by atoms with E-state index in [1.807, 2.05) is 29.7 Å². The predicted octanol–water partition coefficient (Wildman–Crippen LogP) is 2.93. The van der Waals surface area contributed by atoms with Gasteiger partial charge < -0.3 is 9.30 Å². The fourth-order valence-electron chi connectivity index (χ4n) is 2.82. The summed E-state index contributed by atoms with van der Waals surface area (Å²) in [6.07, 6.45) is 4.23. The van der Waals surface area contributed by atoms with E-state index >= 15 is 0 Å². The third kappa shape index (κ3) is 3.52. The van der Waals surface area contributed by atoms with Crippen LogP contribution in [0.4, 0.5) is 0 Å². The summed E-state index contributed by atoms with van der Waals surface area (Å²) < 4.78 is 35.5. The lowest BCUT2D eigenvalue weighted by molar-refractivity contribution is 0.409. The van der Waals surface area contributed by atoms with Gasteiger partial charge in [-0.1, -0.05) is 25.1 Å². The van der Waals surface area contributed by atoms with E-state index in [-0.39, 0.29) is 11.4 Å². The molecule has 2 aromatic heterocycles. The zero-order chi connectivity index (χ0) is 17.9. The van der Waals surface area contributed by atoms with Gasteiger partial charge in [-0.15, -0.1) is 0 Å². The first-order chi connectivity index (χ1) is 12.1. The van der Waals surface area contributed by atoms with Crippen molar-refractivity contribution in [3.05, 3.63) is 54.4 Å². The lowest BCUT2D eigenvalue weighted by Gasteiger charge is -2.09. The number of fused-ring (bicyclic) bond motifs is 1. The number of aromatic nitrogens is 2. The number of aryl methyl sites for hydroxylation is 1. The summed E-state index contributed by atoms with van der Waals surface area (Å²) in [5.41, 5.74) is 1.46. The number of hydrogen-bond donors (Lipinski definition) is 1. The second-order valence-electron chi connectivity index (χ2n) is 5.70. The van der Waals surface area contributed by atoms with E-state index < -0.39 is 10.0 Å². The maximum Gasteiger partial charge on any atom is 0.243 e. The van der Waals surface area contributed by atoms with E-state index in [1.165, 1.54) is 0 Å². The van der Waals surface area contributed by atoms with Crippen molar-refractivity contribution in [2.45, 2.75) is 31.3 Å². The van der Waals surface area contributed by atoms with Gasteiger partial charge in [0.25, 0.3) is 0 Å². The van der Waals surface area contributed by atoms with Crippen LogP contribution in [0.1, 0.15) is 18.9 Å². The Morgan fingerprint density at radius 2 is 2.00 bits per heavy atom. The Balaban J connectivity index is 1.94. The highest BCUT2D eigenvalue weighted by atomic mass is 32.2. The maximum absolute atomic E-state index is 12.8. The molecule has 3 aromatic rings. The predicted molar refractivity (Wildman–Crippen MR) is 97.0 cm³/mol. The Morgan fingerprint density at radius 3 is 2.76 bits per heavy atom. The molecule has 0 bridgehead atoms. The van der Waals surface area contributed by atoms with Gasteiger partial charge in [-0.25, -0.2) is 18.1 Å². The Kier molecular flexibility index (Phi) is 5.06. The second kappa shape index (κ2) is 7.25. The summed E-state index contributed by atoms with van der Waals surface area (Å²) in [5.74, 6) is 0.653. The molecule has 1 N–H and O–H groups in total. The van der Waals surface area contributed by atoms with Crippen LogP contribution in [0.2, 0.25) is 0 Å². The monoisotopic (exact) mass is 359 g/mol. The van der Waals surface area contributed by atoms with Crippen LogP contribution >= 0.6 is 0 Å². The van der Waals surface area contributed by atoms with Gasteiger partial charge in [-0.2, -0.15) is 0 Å². The first-order valence-corrected chi connectivity index (χ1v) is 9.60. The zero-order valence-corrected chi connectivity index (χ0v) is 15.1. The summed E-state index contributed by atoms with van der Waals surface area (Å²) >= 11 is 0. The first kappa shape index (κ1) is 17.4. The number of hydrogen-bond acceptors (Lipinski definition) is 4. The van der Waals surface area contributed by atoms with E-state index in [4.69, 9.17) is 4.74 Å². The molecule has 0 atom stereocenters. The highest BCUT2D eigenvalue weighted by Crippen LogP contribution is 2.25. The molecule has 0 aliphatic carbocycles. The largest absolute Gasteiger partial charge is 0.496 e. The van der Waals surface area contributed by atoms with Crippen molar-refractivity contribution in [2.75, 3.05) is 7.11 Å². The van der Waals surface area contributed by atoms with Crippen molar-refractivity contribution in [1.29, 1.82) is 0 Å². The first-order valence-electron chi connectivity index (χ1n) is 8.12. The summed E-state index contributed by atoms with van der Waals surface area (Å²) in [6.45, 7) is 2.92. The third-order valence-electron chi connectivity index (χ3n) is 4.00. The molecule has 0 spiro atoms. The van der Waals surface area contributed by atoms with Crippen LogP contribution in [0.5, 0.6) is 5.75 Å². The molecule has 3 rings (SSSR count). The smallest absolute Gasteiger partial charge is 0.243 e. The minimum atomic E-state index is -3.67. The lowest BCUT2D eigenvalue weighted by atomic mass is 10.2. The van der Waals surface area contributed by atoms with E-state index in [9.17, 15) is 8.42 Å². The van der Waals surface area contributed by atoms with Crippen molar-refractivity contribution in [2.24, 2.45) is 0 Å². The molecule has 0 unspecified atom stereocenters. The number of methoxy groups -OCH3 is 1. The molecule has 1 aromatic carbocycles. The second-order valence-corrected chi connectivity index (χ2v) is 7.43. The number of pyridine rings is 1. The van der Waals surface area contributed by atoms with Crippen molar-refractivity contribution in [3.63, 3.8) is 0 Å². The van der Waals surface area contributed by atoms with Crippen LogP contribution in [-0.4, -0.2) is 25.1 Å². The summed E-state index contributed by atoms with van der Waals surface area (Å²) in [6, 6.07) is 10.9. The lowest BCUT2D eigenvalue weighted by Crippen LogP contribution is -2.23. The van der Waals surface area contributed by atoms with E-state index in [2.05, 4.69) is 9.71 Å². The van der Waals surface area contributed by atoms with Gasteiger partial charge in [-0.3, -0.25) is 0 Å². The van der Waals surface area contributed by atoms with Crippen molar-refractivity contribution in [3.8, 4) is 5.75 Å². The number of benzene rings is 1. The quantitative estimate of drug-likeness (QED) is 0.704. The van der Waals surface area contributed by atoms with Gasteiger partial charge in [0.1, 0.15) is 16.3 Å². The molecule has 0 amide bonds. The van der Waals surface area contributed by atoms with Crippen molar-refractivity contribution in [1.82, 2.24) is 14.3 Å². The Hall–Kier alpha value is -2.38. The number of nitrogens with one attached hydrogen (secondary N) is 1. The van der Waals surface area contributed by atoms with E-state index in [1.54, 1.807) is 37.7 Å². The Morgan fingerprint density at radius 1 is 1.20 bits per heavy atom. The molecule has 0 saturated carbocycles. The standard InChI is InChI=1S/C18H21N3O3S/c1-3-11-21-13-17(15-8-6-10-19-18(15)21)25(22,23)20-12-14-7-4-5-9-16(14)24-2/h4-10,13,20H,3,11-12H2,1-2H3. The summed E-state index contributed by atoms with van der Waals surface area (Å²) in [5, 5.41) is 0.628.